The molecule has 1 fully saturated rings. The topological polar surface area (TPSA) is 27.6 Å². The van der Waals surface area contributed by atoms with E-state index >= 15 is 0 Å². The zero-order valence-corrected chi connectivity index (χ0v) is 13.5. The fourth-order valence-corrected chi connectivity index (χ4v) is 2.92. The van der Waals surface area contributed by atoms with Gasteiger partial charge in [0.2, 0.25) is 0 Å². The number of guanidine groups is 1. The van der Waals surface area contributed by atoms with Crippen LogP contribution in [0.15, 0.2) is 59.6 Å². The Hall–Kier alpha value is -2.36. The first-order valence-corrected chi connectivity index (χ1v) is 7.91. The Morgan fingerprint density at radius 1 is 1.22 bits per heavy atom. The third-order valence-corrected chi connectivity index (χ3v) is 4.21. The van der Waals surface area contributed by atoms with E-state index in [1.165, 1.54) is 11.6 Å². The number of hydrogen-bond donors (Lipinski definition) is 1. The van der Waals surface area contributed by atoms with Gasteiger partial charge in [0.1, 0.15) is 5.82 Å². The van der Waals surface area contributed by atoms with Gasteiger partial charge in [0.25, 0.3) is 0 Å². The predicted octanol–water partition coefficient (Wildman–Crippen LogP) is 3.39. The molecule has 2 unspecified atom stereocenters. The van der Waals surface area contributed by atoms with Crippen LogP contribution < -0.4 is 5.32 Å². The van der Waals surface area contributed by atoms with Crippen molar-refractivity contribution in [3.05, 3.63) is 71.5 Å². The van der Waals surface area contributed by atoms with Gasteiger partial charge in [-0.25, -0.2) is 4.39 Å². The highest BCUT2D eigenvalue weighted by Gasteiger charge is 2.39. The van der Waals surface area contributed by atoms with Gasteiger partial charge in [-0.15, -0.1) is 0 Å². The number of rotatable bonds is 4. The second kappa shape index (κ2) is 6.82. The number of nitrogens with one attached hydrogen (secondary N) is 1. The molecule has 3 rings (SSSR count). The molecule has 1 saturated carbocycles. The molecule has 3 nitrogen and oxygen atoms in total. The molecule has 23 heavy (non-hydrogen) atoms. The van der Waals surface area contributed by atoms with Gasteiger partial charge in [-0.2, -0.15) is 0 Å². The van der Waals surface area contributed by atoms with Crippen molar-refractivity contribution in [3.8, 4) is 0 Å². The molecule has 0 aliphatic heterocycles. The van der Waals surface area contributed by atoms with Gasteiger partial charge in [-0.3, -0.25) is 4.99 Å². The van der Waals surface area contributed by atoms with E-state index < -0.39 is 0 Å². The molecule has 120 valence electrons. The van der Waals surface area contributed by atoms with Crippen LogP contribution in [0.1, 0.15) is 23.5 Å². The molecule has 2 atom stereocenters. The number of aliphatic imine (C=N–C) groups is 1. The van der Waals surface area contributed by atoms with E-state index in [2.05, 4.69) is 34.6 Å². The maximum absolute atomic E-state index is 13.3. The van der Waals surface area contributed by atoms with Crippen molar-refractivity contribution >= 4 is 5.96 Å². The average Bonchev–Trinajstić information content (AvgIpc) is 3.32. The van der Waals surface area contributed by atoms with Crippen LogP contribution in [0.3, 0.4) is 0 Å². The summed E-state index contributed by atoms with van der Waals surface area (Å²) in [5.41, 5.74) is 2.30. The second-order valence-corrected chi connectivity index (χ2v) is 6.04. The second-order valence-electron chi connectivity index (χ2n) is 6.04. The molecular weight excluding hydrogens is 289 g/mol. The van der Waals surface area contributed by atoms with Gasteiger partial charge in [0.15, 0.2) is 5.96 Å². The molecule has 1 aliphatic rings. The lowest BCUT2D eigenvalue weighted by molar-refractivity contribution is 0.473. The van der Waals surface area contributed by atoms with Gasteiger partial charge < -0.3 is 10.2 Å². The van der Waals surface area contributed by atoms with Gasteiger partial charge in [-0.05, 0) is 29.7 Å². The summed E-state index contributed by atoms with van der Waals surface area (Å²) >= 11 is 0. The molecule has 2 aromatic rings. The van der Waals surface area contributed by atoms with E-state index in [4.69, 9.17) is 0 Å². The lowest BCUT2D eigenvalue weighted by Crippen LogP contribution is -2.40. The maximum Gasteiger partial charge on any atom is 0.193 e. The normalized spacial score (nSPS) is 20.2. The Balaban J connectivity index is 1.58. The van der Waals surface area contributed by atoms with E-state index in [0.717, 1.165) is 17.9 Å². The van der Waals surface area contributed by atoms with Crippen LogP contribution in [0, 0.1) is 5.82 Å². The highest BCUT2D eigenvalue weighted by Crippen LogP contribution is 2.40. The zero-order chi connectivity index (χ0) is 16.2. The number of halogens is 1. The fourth-order valence-electron chi connectivity index (χ4n) is 2.92. The van der Waals surface area contributed by atoms with E-state index in [9.17, 15) is 4.39 Å². The van der Waals surface area contributed by atoms with Gasteiger partial charge in [-0.1, -0.05) is 42.5 Å². The van der Waals surface area contributed by atoms with Crippen LogP contribution in [0.2, 0.25) is 0 Å². The minimum Gasteiger partial charge on any atom is -0.353 e. The minimum atomic E-state index is -0.204. The molecule has 0 saturated heterocycles. The summed E-state index contributed by atoms with van der Waals surface area (Å²) in [6.07, 6.45) is 1.12. The van der Waals surface area contributed by atoms with Crippen molar-refractivity contribution in [2.75, 3.05) is 14.1 Å². The van der Waals surface area contributed by atoms with Crippen molar-refractivity contribution in [1.82, 2.24) is 10.2 Å². The molecule has 2 aromatic carbocycles. The number of nitrogens with zero attached hydrogens (tertiary/aromatic N) is 2. The smallest absolute Gasteiger partial charge is 0.193 e. The van der Waals surface area contributed by atoms with E-state index in [-0.39, 0.29) is 5.82 Å². The number of hydrogen-bond acceptors (Lipinski definition) is 1. The summed E-state index contributed by atoms with van der Waals surface area (Å²) in [4.78, 5) is 6.38. The summed E-state index contributed by atoms with van der Waals surface area (Å²) < 4.78 is 13.3. The summed E-state index contributed by atoms with van der Waals surface area (Å²) in [6.45, 7) is 0.625. The molecular formula is C19H22FN3. The van der Waals surface area contributed by atoms with Gasteiger partial charge >= 0.3 is 0 Å². The maximum atomic E-state index is 13.3. The van der Waals surface area contributed by atoms with Crippen molar-refractivity contribution in [2.24, 2.45) is 4.99 Å². The molecule has 0 spiro atoms. The molecule has 1 aliphatic carbocycles. The highest BCUT2D eigenvalue weighted by molar-refractivity contribution is 5.80. The Labute approximate surface area is 136 Å². The minimum absolute atomic E-state index is 0.204. The van der Waals surface area contributed by atoms with Crippen molar-refractivity contribution in [1.29, 1.82) is 0 Å². The Morgan fingerprint density at radius 2 is 2.00 bits per heavy atom. The lowest BCUT2D eigenvalue weighted by Gasteiger charge is -2.22. The van der Waals surface area contributed by atoms with Crippen molar-refractivity contribution in [2.45, 2.75) is 24.9 Å². The fraction of sp³-hybridized carbons (Fsp3) is 0.316. The molecule has 1 N–H and O–H groups in total. The summed E-state index contributed by atoms with van der Waals surface area (Å²) in [7, 11) is 3.75. The van der Waals surface area contributed by atoms with Crippen LogP contribution in [0.25, 0.3) is 0 Å². The Bertz CT molecular complexity index is 684. The van der Waals surface area contributed by atoms with Crippen LogP contribution in [0.5, 0.6) is 0 Å². The van der Waals surface area contributed by atoms with Crippen LogP contribution in [-0.4, -0.2) is 31.0 Å². The Morgan fingerprint density at radius 3 is 2.70 bits per heavy atom. The largest absolute Gasteiger partial charge is 0.353 e. The molecule has 4 heteroatoms. The first-order valence-electron chi connectivity index (χ1n) is 7.91. The van der Waals surface area contributed by atoms with Crippen LogP contribution >= 0.6 is 0 Å². The molecule has 0 heterocycles. The predicted molar refractivity (Wildman–Crippen MR) is 91.9 cm³/mol. The SMILES string of the molecule is CN=C(NC1CC1c1ccccc1)N(C)Cc1cccc(F)c1. The molecule has 0 bridgehead atoms. The first-order chi connectivity index (χ1) is 11.2. The van der Waals surface area contributed by atoms with Crippen LogP contribution in [0.4, 0.5) is 4.39 Å². The first kappa shape index (κ1) is 15.5. The van der Waals surface area contributed by atoms with E-state index in [0.29, 0.717) is 18.5 Å². The summed E-state index contributed by atoms with van der Waals surface area (Å²) in [5.74, 6) is 1.19. The van der Waals surface area contributed by atoms with Crippen molar-refractivity contribution in [3.63, 3.8) is 0 Å². The Kier molecular flexibility index (Phi) is 4.60. The quantitative estimate of drug-likeness (QED) is 0.692. The monoisotopic (exact) mass is 311 g/mol. The van der Waals surface area contributed by atoms with Gasteiger partial charge in [0, 0.05) is 32.6 Å². The molecule has 0 aromatic heterocycles. The number of benzene rings is 2. The molecule has 0 radical (unpaired) electrons. The third-order valence-electron chi connectivity index (χ3n) is 4.21. The van der Waals surface area contributed by atoms with Crippen molar-refractivity contribution < 1.29 is 4.39 Å². The van der Waals surface area contributed by atoms with E-state index in [1.54, 1.807) is 19.2 Å². The zero-order valence-electron chi connectivity index (χ0n) is 13.5. The average molecular weight is 311 g/mol. The summed E-state index contributed by atoms with van der Waals surface area (Å²) in [6, 6.07) is 17.7. The lowest BCUT2D eigenvalue weighted by atomic mass is 10.1. The third kappa shape index (κ3) is 3.89. The highest BCUT2D eigenvalue weighted by atomic mass is 19.1. The molecule has 0 amide bonds. The van der Waals surface area contributed by atoms with E-state index in [1.807, 2.05) is 24.1 Å². The van der Waals surface area contributed by atoms with Crippen LogP contribution in [-0.2, 0) is 6.54 Å². The standard InChI is InChI=1S/C19H22FN3/c1-21-19(23(2)13-14-7-6-10-16(20)11-14)22-18-12-17(18)15-8-4-3-5-9-15/h3-11,17-18H,12-13H2,1-2H3,(H,21,22). The van der Waals surface area contributed by atoms with Gasteiger partial charge in [0.05, 0.1) is 0 Å². The summed E-state index contributed by atoms with van der Waals surface area (Å²) in [5, 5.41) is 3.51.